The molecule has 0 spiro atoms. The molecule has 0 bridgehead atoms. The summed E-state index contributed by atoms with van der Waals surface area (Å²) in [5.74, 6) is 1.72. The van der Waals surface area contributed by atoms with Crippen molar-refractivity contribution in [3.8, 4) is 11.5 Å². The smallest absolute Gasteiger partial charge is 0.311 e. The quantitative estimate of drug-likeness (QED) is 0.116. The molecule has 0 aromatic heterocycles. The van der Waals surface area contributed by atoms with Gasteiger partial charge in [-0.25, -0.2) is 0 Å². The maximum atomic E-state index is 13.2. The molecule has 0 amide bonds. The lowest BCUT2D eigenvalue weighted by molar-refractivity contribution is -0.134. The van der Waals surface area contributed by atoms with E-state index in [9.17, 15) is 9.90 Å². The Hall–Kier alpha value is -1.41. The molecule has 1 aromatic rings. The Morgan fingerprint density at radius 3 is 2.60 bits per heavy atom. The van der Waals surface area contributed by atoms with Crippen LogP contribution in [0.4, 0.5) is 0 Å². The molecule has 226 valence electrons. The number of ether oxygens (including phenoxy) is 3. The SMILES string of the molecule is Br.CCCCCCC(C)(C)c1cc(OC(=O)CCCN2CCOCC2)c2c(c1)OC(C)(C)[C@H]1CC=C(CO)C[C@H]21. The number of hydrogen-bond donors (Lipinski definition) is 1. The van der Waals surface area contributed by atoms with Crippen LogP contribution in [0.25, 0.3) is 0 Å². The predicted molar refractivity (Wildman–Crippen MR) is 166 cm³/mol. The summed E-state index contributed by atoms with van der Waals surface area (Å²) < 4.78 is 18.4. The van der Waals surface area contributed by atoms with Gasteiger partial charge in [-0.05, 0) is 74.8 Å². The van der Waals surface area contributed by atoms with Crippen LogP contribution in [0.1, 0.15) is 109 Å². The highest BCUT2D eigenvalue weighted by Gasteiger charge is 2.46. The van der Waals surface area contributed by atoms with Crippen LogP contribution in [0.15, 0.2) is 23.8 Å². The molecule has 40 heavy (non-hydrogen) atoms. The van der Waals surface area contributed by atoms with Crippen LogP contribution < -0.4 is 9.47 Å². The minimum Gasteiger partial charge on any atom is -0.487 e. The lowest BCUT2D eigenvalue weighted by atomic mass is 9.66. The van der Waals surface area contributed by atoms with Crippen molar-refractivity contribution < 1.29 is 24.1 Å². The molecule has 1 aromatic carbocycles. The Bertz CT molecular complexity index is 1010. The van der Waals surface area contributed by atoms with E-state index in [0.717, 1.165) is 81.0 Å². The summed E-state index contributed by atoms with van der Waals surface area (Å²) in [6.45, 7) is 15.5. The van der Waals surface area contributed by atoms with Crippen molar-refractivity contribution in [1.29, 1.82) is 0 Å². The number of hydrogen-bond acceptors (Lipinski definition) is 6. The molecule has 0 radical (unpaired) electrons. The zero-order chi connectivity index (χ0) is 28.0. The average molecular weight is 623 g/mol. The average Bonchev–Trinajstić information content (AvgIpc) is 2.90. The van der Waals surface area contributed by atoms with Crippen LogP contribution in [-0.4, -0.2) is 61.0 Å². The molecule has 2 atom stereocenters. The molecule has 3 aliphatic rings. The first-order valence-corrected chi connectivity index (χ1v) is 15.3. The van der Waals surface area contributed by atoms with Crippen LogP contribution in [-0.2, 0) is 14.9 Å². The first-order valence-electron chi connectivity index (χ1n) is 15.3. The number of fused-ring (bicyclic) bond motifs is 3. The molecule has 0 saturated carbocycles. The number of benzene rings is 1. The number of aliphatic hydroxyl groups is 1. The van der Waals surface area contributed by atoms with Gasteiger partial charge in [-0.3, -0.25) is 9.69 Å². The molecule has 0 unspecified atom stereocenters. The number of aliphatic hydroxyl groups excluding tert-OH is 1. The summed E-state index contributed by atoms with van der Waals surface area (Å²) in [6.07, 6.45) is 10.9. The number of rotatable bonds is 12. The zero-order valence-corrected chi connectivity index (χ0v) is 27.1. The number of carbonyl (C=O) groups excluding carboxylic acids is 1. The summed E-state index contributed by atoms with van der Waals surface area (Å²) >= 11 is 0. The van der Waals surface area contributed by atoms with Gasteiger partial charge < -0.3 is 19.3 Å². The first-order chi connectivity index (χ1) is 18.6. The molecule has 2 heterocycles. The van der Waals surface area contributed by atoms with E-state index in [1.54, 1.807) is 0 Å². The van der Waals surface area contributed by atoms with Crippen LogP contribution in [0.5, 0.6) is 11.5 Å². The number of nitrogens with zero attached hydrogens (tertiary/aromatic N) is 1. The number of carbonyl (C=O) groups is 1. The fourth-order valence-electron chi connectivity index (χ4n) is 6.64. The van der Waals surface area contributed by atoms with Gasteiger partial charge in [-0.15, -0.1) is 17.0 Å². The van der Waals surface area contributed by atoms with E-state index in [1.165, 1.54) is 25.7 Å². The molecule has 2 aliphatic heterocycles. The van der Waals surface area contributed by atoms with Crippen LogP contribution in [0.2, 0.25) is 0 Å². The van der Waals surface area contributed by atoms with Crippen molar-refractivity contribution in [3.63, 3.8) is 0 Å². The molecular formula is C33H52BrNO5. The largest absolute Gasteiger partial charge is 0.487 e. The zero-order valence-electron chi connectivity index (χ0n) is 25.4. The summed E-state index contributed by atoms with van der Waals surface area (Å²) in [5.41, 5.74) is 2.82. The van der Waals surface area contributed by atoms with E-state index in [0.29, 0.717) is 12.2 Å². The molecule has 1 fully saturated rings. The van der Waals surface area contributed by atoms with Crippen molar-refractivity contribution in [1.82, 2.24) is 4.90 Å². The molecule has 1 aliphatic carbocycles. The monoisotopic (exact) mass is 621 g/mol. The van der Waals surface area contributed by atoms with E-state index in [2.05, 4.69) is 57.7 Å². The topological polar surface area (TPSA) is 68.2 Å². The Morgan fingerprint density at radius 2 is 1.90 bits per heavy atom. The van der Waals surface area contributed by atoms with Gasteiger partial charge >= 0.3 is 5.97 Å². The van der Waals surface area contributed by atoms with Gasteiger partial charge in [0.25, 0.3) is 0 Å². The molecule has 1 N–H and O–H groups in total. The van der Waals surface area contributed by atoms with Crippen molar-refractivity contribution in [2.24, 2.45) is 5.92 Å². The maximum absolute atomic E-state index is 13.2. The van der Waals surface area contributed by atoms with E-state index in [4.69, 9.17) is 14.2 Å². The van der Waals surface area contributed by atoms with Gasteiger partial charge in [-0.1, -0.05) is 52.5 Å². The van der Waals surface area contributed by atoms with Gasteiger partial charge in [-0.2, -0.15) is 0 Å². The maximum Gasteiger partial charge on any atom is 0.311 e. The van der Waals surface area contributed by atoms with Gasteiger partial charge in [0.15, 0.2) is 0 Å². The third-order valence-electron chi connectivity index (χ3n) is 9.19. The number of morpholine rings is 1. The lowest BCUT2D eigenvalue weighted by Crippen LogP contribution is -2.46. The number of unbranched alkanes of at least 4 members (excludes halogenated alkanes) is 3. The number of halogens is 1. The standard InChI is InChI=1S/C33H51NO5.BrH/c1-6-7-8-9-14-32(2,3)25-21-28(38-30(36)11-10-15-34-16-18-37-19-17-34)31-26-20-24(23-35)12-13-27(26)33(4,5)39-29(31)22-25;/h12,21-22,26-27,35H,6-11,13-20,23H2,1-5H3;1H/t26-,27-;/m0./s1. The highest BCUT2D eigenvalue weighted by molar-refractivity contribution is 8.93. The van der Waals surface area contributed by atoms with E-state index < -0.39 is 0 Å². The Kier molecular flexibility index (Phi) is 12.1. The fourth-order valence-corrected chi connectivity index (χ4v) is 6.64. The molecule has 6 nitrogen and oxygen atoms in total. The van der Waals surface area contributed by atoms with Gasteiger partial charge in [0, 0.05) is 36.9 Å². The number of esters is 1. The Morgan fingerprint density at radius 1 is 1.15 bits per heavy atom. The Balaban J connectivity index is 0.00000441. The Labute approximate surface area is 252 Å². The van der Waals surface area contributed by atoms with Gasteiger partial charge in [0.05, 0.1) is 19.8 Å². The third-order valence-corrected chi connectivity index (χ3v) is 9.19. The minimum absolute atomic E-state index is 0. The summed E-state index contributed by atoms with van der Waals surface area (Å²) in [5, 5.41) is 9.95. The summed E-state index contributed by atoms with van der Waals surface area (Å²) in [4.78, 5) is 15.5. The highest BCUT2D eigenvalue weighted by atomic mass is 79.9. The molecular weight excluding hydrogens is 570 g/mol. The van der Waals surface area contributed by atoms with Crippen LogP contribution in [0.3, 0.4) is 0 Å². The molecule has 4 rings (SSSR count). The fraction of sp³-hybridized carbons (Fsp3) is 0.727. The second-order valence-corrected chi connectivity index (χ2v) is 13.0. The van der Waals surface area contributed by atoms with E-state index in [1.807, 2.05) is 0 Å². The highest BCUT2D eigenvalue weighted by Crippen LogP contribution is 2.55. The summed E-state index contributed by atoms with van der Waals surface area (Å²) in [7, 11) is 0. The predicted octanol–water partition coefficient (Wildman–Crippen LogP) is 7.11. The second kappa shape index (κ2) is 14.7. The van der Waals surface area contributed by atoms with Crippen molar-refractivity contribution in [2.45, 2.75) is 109 Å². The van der Waals surface area contributed by atoms with Crippen molar-refractivity contribution >= 4 is 23.0 Å². The van der Waals surface area contributed by atoms with E-state index >= 15 is 0 Å². The first kappa shape index (κ1) is 33.1. The van der Waals surface area contributed by atoms with E-state index in [-0.39, 0.29) is 52.4 Å². The normalized spacial score (nSPS) is 22.3. The second-order valence-electron chi connectivity index (χ2n) is 13.0. The number of allylic oxidation sites excluding steroid dienone is 1. The van der Waals surface area contributed by atoms with Crippen molar-refractivity contribution in [3.05, 3.63) is 34.9 Å². The van der Waals surface area contributed by atoms with Crippen molar-refractivity contribution in [2.75, 3.05) is 39.5 Å². The van der Waals surface area contributed by atoms with Gasteiger partial charge in [0.2, 0.25) is 0 Å². The molecule has 1 saturated heterocycles. The lowest BCUT2D eigenvalue weighted by Gasteiger charge is -2.47. The van der Waals surface area contributed by atoms with Crippen LogP contribution in [0, 0.1) is 5.92 Å². The minimum atomic E-state index is -0.349. The molecule has 7 heteroatoms. The van der Waals surface area contributed by atoms with Crippen LogP contribution >= 0.6 is 17.0 Å². The summed E-state index contributed by atoms with van der Waals surface area (Å²) in [6, 6.07) is 4.33. The third kappa shape index (κ3) is 8.11. The van der Waals surface area contributed by atoms with Gasteiger partial charge in [0.1, 0.15) is 17.1 Å².